The van der Waals surface area contributed by atoms with Crippen LogP contribution in [0.2, 0.25) is 5.02 Å². The summed E-state index contributed by atoms with van der Waals surface area (Å²) in [5.41, 5.74) is 1.01. The molecule has 10 heteroatoms. The topological polar surface area (TPSA) is 94.2 Å². The second-order valence-corrected chi connectivity index (χ2v) is 9.84. The lowest BCUT2D eigenvalue weighted by molar-refractivity contribution is -0.120. The van der Waals surface area contributed by atoms with Crippen LogP contribution in [0.15, 0.2) is 71.6 Å². The van der Waals surface area contributed by atoms with Gasteiger partial charge in [0, 0.05) is 11.1 Å². The minimum Gasteiger partial charge on any atom is -0.495 e. The number of carbonyl (C=O) groups excluding carboxylic acids is 1. The Morgan fingerprint density at radius 1 is 0.914 bits per heavy atom. The Kier molecular flexibility index (Phi) is 8.48. The van der Waals surface area contributed by atoms with Gasteiger partial charge in [0.2, 0.25) is 5.91 Å². The molecule has 0 aliphatic heterocycles. The number of halogens is 1. The third kappa shape index (κ3) is 5.98. The van der Waals surface area contributed by atoms with Crippen LogP contribution in [0.25, 0.3) is 0 Å². The van der Waals surface area contributed by atoms with Crippen LogP contribution in [0.5, 0.6) is 17.2 Å². The molecule has 0 saturated carbocycles. The normalized spacial score (nSPS) is 11.9. The van der Waals surface area contributed by atoms with E-state index in [1.807, 2.05) is 37.3 Å². The number of ether oxygens (including phenoxy) is 3. The summed E-state index contributed by atoms with van der Waals surface area (Å²) < 4.78 is 44.5. The molecule has 0 aliphatic carbocycles. The van der Waals surface area contributed by atoms with Gasteiger partial charge < -0.3 is 19.5 Å². The Labute approximate surface area is 210 Å². The van der Waals surface area contributed by atoms with E-state index in [0.29, 0.717) is 5.75 Å². The van der Waals surface area contributed by atoms with Crippen molar-refractivity contribution in [2.24, 2.45) is 0 Å². The zero-order valence-corrected chi connectivity index (χ0v) is 21.4. The Hall–Kier alpha value is -3.43. The largest absolute Gasteiger partial charge is 0.495 e. The number of sulfonamides is 1. The smallest absolute Gasteiger partial charge is 0.265 e. The van der Waals surface area contributed by atoms with Gasteiger partial charge in [-0.2, -0.15) is 0 Å². The van der Waals surface area contributed by atoms with Crippen molar-refractivity contribution in [3.8, 4) is 17.2 Å². The summed E-state index contributed by atoms with van der Waals surface area (Å²) in [5, 5.41) is 3.13. The maximum absolute atomic E-state index is 13.8. The first-order chi connectivity index (χ1) is 16.7. The summed E-state index contributed by atoms with van der Waals surface area (Å²) in [7, 11) is 0.00896. The molecule has 0 aromatic heterocycles. The first kappa shape index (κ1) is 26.2. The molecular weight excluding hydrogens is 492 g/mol. The number of carbonyl (C=O) groups is 1. The maximum atomic E-state index is 13.8. The van der Waals surface area contributed by atoms with E-state index in [1.165, 1.54) is 45.6 Å². The standard InChI is InChI=1S/C25H27ClN2O6S/c1-17(18-8-6-5-7-9-18)27-25(29)16-28(21-14-19(26)10-12-22(21)32-2)35(30,31)20-11-13-23(33-3)24(15-20)34-4/h5-15,17H,16H2,1-4H3,(H,27,29)/t17-/m1/s1. The van der Waals surface area contributed by atoms with Crippen LogP contribution in [0.1, 0.15) is 18.5 Å². The SMILES string of the molecule is COc1ccc(S(=O)(=O)N(CC(=O)N[C@H](C)c2ccccc2)c2cc(Cl)ccc2OC)cc1OC. The van der Waals surface area contributed by atoms with Gasteiger partial charge in [-0.3, -0.25) is 9.10 Å². The van der Waals surface area contributed by atoms with E-state index >= 15 is 0 Å². The van der Waals surface area contributed by atoms with Crippen LogP contribution in [0.4, 0.5) is 5.69 Å². The van der Waals surface area contributed by atoms with Gasteiger partial charge >= 0.3 is 0 Å². The molecule has 3 aromatic rings. The maximum Gasteiger partial charge on any atom is 0.265 e. The summed E-state index contributed by atoms with van der Waals surface area (Å²) in [6.45, 7) is 1.31. The van der Waals surface area contributed by atoms with Gasteiger partial charge in [-0.05, 0) is 42.8 Å². The molecule has 0 spiro atoms. The molecule has 1 amide bonds. The molecule has 0 aliphatic rings. The number of rotatable bonds is 10. The number of hydrogen-bond donors (Lipinski definition) is 1. The lowest BCUT2D eigenvalue weighted by Crippen LogP contribution is -2.41. The molecule has 3 rings (SSSR count). The minimum absolute atomic E-state index is 0.0962. The number of methoxy groups -OCH3 is 3. The number of benzene rings is 3. The highest BCUT2D eigenvalue weighted by Gasteiger charge is 2.31. The van der Waals surface area contributed by atoms with Gasteiger partial charge in [-0.15, -0.1) is 0 Å². The number of hydrogen-bond acceptors (Lipinski definition) is 6. The molecule has 0 radical (unpaired) electrons. The second kappa shape index (κ2) is 11.3. The number of amides is 1. The predicted octanol–water partition coefficient (Wildman–Crippen LogP) is 4.44. The Morgan fingerprint density at radius 2 is 1.54 bits per heavy atom. The van der Waals surface area contributed by atoms with E-state index in [9.17, 15) is 13.2 Å². The van der Waals surface area contributed by atoms with E-state index in [1.54, 1.807) is 12.1 Å². The van der Waals surface area contributed by atoms with Gasteiger partial charge in [0.25, 0.3) is 10.0 Å². The van der Waals surface area contributed by atoms with Gasteiger partial charge in [0.05, 0.1) is 38.0 Å². The van der Waals surface area contributed by atoms with Crippen LogP contribution in [-0.2, 0) is 14.8 Å². The lowest BCUT2D eigenvalue weighted by atomic mass is 10.1. The molecule has 1 N–H and O–H groups in total. The number of nitrogens with zero attached hydrogens (tertiary/aromatic N) is 1. The van der Waals surface area contributed by atoms with Gasteiger partial charge in [-0.25, -0.2) is 8.42 Å². The van der Waals surface area contributed by atoms with E-state index < -0.39 is 22.5 Å². The van der Waals surface area contributed by atoms with Crippen molar-refractivity contribution in [2.75, 3.05) is 32.2 Å². The van der Waals surface area contributed by atoms with Gasteiger partial charge in [-0.1, -0.05) is 41.9 Å². The van der Waals surface area contributed by atoms with Crippen LogP contribution in [0.3, 0.4) is 0 Å². The molecule has 1 atom stereocenters. The highest BCUT2D eigenvalue weighted by Crippen LogP contribution is 2.37. The summed E-state index contributed by atoms with van der Waals surface area (Å²) in [4.78, 5) is 13.0. The average Bonchev–Trinajstić information content (AvgIpc) is 2.87. The number of anilines is 1. The van der Waals surface area contributed by atoms with E-state index in [4.69, 9.17) is 25.8 Å². The summed E-state index contributed by atoms with van der Waals surface area (Å²) >= 11 is 6.19. The zero-order valence-electron chi connectivity index (χ0n) is 19.8. The molecule has 0 bridgehead atoms. The van der Waals surface area contributed by atoms with Crippen LogP contribution < -0.4 is 23.8 Å². The first-order valence-electron chi connectivity index (χ1n) is 10.6. The Bertz CT molecular complexity index is 1280. The van der Waals surface area contributed by atoms with Crippen LogP contribution in [-0.4, -0.2) is 42.2 Å². The van der Waals surface area contributed by atoms with Crippen molar-refractivity contribution < 1.29 is 27.4 Å². The highest BCUT2D eigenvalue weighted by molar-refractivity contribution is 7.92. The fourth-order valence-electron chi connectivity index (χ4n) is 3.50. The molecular formula is C25H27ClN2O6S. The molecule has 186 valence electrons. The molecule has 0 fully saturated rings. The average molecular weight is 519 g/mol. The fraction of sp³-hybridized carbons (Fsp3) is 0.240. The van der Waals surface area contributed by atoms with E-state index in [-0.39, 0.29) is 33.1 Å². The summed E-state index contributed by atoms with van der Waals surface area (Å²) in [5.74, 6) is 0.330. The van der Waals surface area contributed by atoms with Crippen molar-refractivity contribution in [1.82, 2.24) is 5.32 Å². The third-order valence-corrected chi connectivity index (χ3v) is 7.31. The van der Waals surface area contributed by atoms with Crippen molar-refractivity contribution in [1.29, 1.82) is 0 Å². The molecule has 35 heavy (non-hydrogen) atoms. The van der Waals surface area contributed by atoms with Crippen LogP contribution >= 0.6 is 11.6 Å². The minimum atomic E-state index is -4.26. The van der Waals surface area contributed by atoms with E-state index in [2.05, 4.69) is 5.32 Å². The summed E-state index contributed by atoms with van der Waals surface area (Å²) in [6, 6.07) is 17.8. The predicted molar refractivity (Wildman–Crippen MR) is 135 cm³/mol. The quantitative estimate of drug-likeness (QED) is 0.426. The van der Waals surface area contributed by atoms with Gasteiger partial charge in [0.15, 0.2) is 11.5 Å². The Balaban J connectivity index is 2.03. The van der Waals surface area contributed by atoms with E-state index in [0.717, 1.165) is 9.87 Å². The highest BCUT2D eigenvalue weighted by atomic mass is 35.5. The second-order valence-electron chi connectivity index (χ2n) is 7.54. The van der Waals surface area contributed by atoms with Crippen molar-refractivity contribution in [3.05, 3.63) is 77.3 Å². The monoisotopic (exact) mass is 518 g/mol. The zero-order chi connectivity index (χ0) is 25.6. The van der Waals surface area contributed by atoms with Crippen molar-refractivity contribution in [2.45, 2.75) is 17.9 Å². The fourth-order valence-corrected chi connectivity index (χ4v) is 5.11. The molecule has 0 unspecified atom stereocenters. The lowest BCUT2D eigenvalue weighted by Gasteiger charge is -2.27. The third-order valence-electron chi connectivity index (χ3n) is 5.32. The van der Waals surface area contributed by atoms with Crippen molar-refractivity contribution in [3.63, 3.8) is 0 Å². The summed E-state index contributed by atoms with van der Waals surface area (Å²) in [6.07, 6.45) is 0. The Morgan fingerprint density at radius 3 is 2.17 bits per heavy atom. The van der Waals surface area contributed by atoms with Gasteiger partial charge in [0.1, 0.15) is 12.3 Å². The molecule has 0 heterocycles. The molecule has 3 aromatic carbocycles. The van der Waals surface area contributed by atoms with Crippen molar-refractivity contribution >= 4 is 33.2 Å². The van der Waals surface area contributed by atoms with Crippen LogP contribution in [0, 0.1) is 0 Å². The number of nitrogens with one attached hydrogen (secondary N) is 1. The molecule has 0 saturated heterocycles. The molecule has 8 nitrogen and oxygen atoms in total. The first-order valence-corrected chi connectivity index (χ1v) is 12.5.